The van der Waals surface area contributed by atoms with E-state index in [0.717, 1.165) is 12.1 Å². The average molecular weight is 202 g/mol. The molecule has 1 aromatic rings. The molecule has 1 rings (SSSR count). The molecule has 1 nitrogen and oxygen atoms in total. The van der Waals surface area contributed by atoms with Crippen LogP contribution in [0.1, 0.15) is 18.4 Å². The van der Waals surface area contributed by atoms with E-state index < -0.39 is 17.6 Å². The lowest BCUT2D eigenvalue weighted by Crippen LogP contribution is -1.97. The summed E-state index contributed by atoms with van der Waals surface area (Å²) in [4.78, 5) is 0. The minimum absolute atomic E-state index is 0.0795. The van der Waals surface area contributed by atoms with Gasteiger partial charge in [0.1, 0.15) is 11.6 Å². The number of nitriles is 1. The fourth-order valence-electron chi connectivity index (χ4n) is 1.00. The molecule has 0 aliphatic carbocycles. The zero-order chi connectivity index (χ0) is 10.0. The number of benzene rings is 1. The van der Waals surface area contributed by atoms with Crippen LogP contribution in [-0.2, 0) is 0 Å². The second-order valence-corrected chi connectivity index (χ2v) is 2.99. The molecule has 0 heterocycles. The minimum Gasteiger partial charge on any atom is -0.207 e. The van der Waals surface area contributed by atoms with E-state index in [0.29, 0.717) is 0 Å². The Hall–Kier alpha value is -1.14. The van der Waals surface area contributed by atoms with Crippen molar-refractivity contribution in [2.24, 2.45) is 0 Å². The summed E-state index contributed by atoms with van der Waals surface area (Å²) < 4.78 is 25.9. The maximum absolute atomic E-state index is 13.1. The summed E-state index contributed by atoms with van der Waals surface area (Å²) >= 11 is 5.51. The van der Waals surface area contributed by atoms with Crippen LogP contribution in [0.2, 0.25) is 5.02 Å². The van der Waals surface area contributed by atoms with Gasteiger partial charge in [-0.05, 0) is 19.1 Å². The van der Waals surface area contributed by atoms with E-state index >= 15 is 0 Å². The van der Waals surface area contributed by atoms with E-state index in [2.05, 4.69) is 0 Å². The molecule has 0 bridgehead atoms. The Morgan fingerprint density at radius 1 is 1.38 bits per heavy atom. The Kier molecular flexibility index (Phi) is 2.84. The molecule has 0 aliphatic rings. The lowest BCUT2D eigenvalue weighted by Gasteiger charge is -2.07. The third-order valence-electron chi connectivity index (χ3n) is 1.71. The van der Waals surface area contributed by atoms with Crippen molar-refractivity contribution in [2.45, 2.75) is 12.8 Å². The normalized spacial score (nSPS) is 12.2. The van der Waals surface area contributed by atoms with Crippen molar-refractivity contribution in [3.63, 3.8) is 0 Å². The van der Waals surface area contributed by atoms with Crippen LogP contribution in [0.4, 0.5) is 8.78 Å². The molecule has 0 saturated heterocycles. The maximum atomic E-state index is 13.1. The van der Waals surface area contributed by atoms with Crippen LogP contribution in [0, 0.1) is 23.0 Å². The highest BCUT2D eigenvalue weighted by Crippen LogP contribution is 2.28. The molecular formula is C9H6ClF2N. The summed E-state index contributed by atoms with van der Waals surface area (Å²) in [5, 5.41) is 8.22. The Morgan fingerprint density at radius 2 is 1.92 bits per heavy atom. The number of nitrogens with zero attached hydrogens (tertiary/aromatic N) is 1. The fraction of sp³-hybridized carbons (Fsp3) is 0.222. The first kappa shape index (κ1) is 9.94. The number of halogens is 3. The molecule has 0 aromatic heterocycles. The second-order valence-electron chi connectivity index (χ2n) is 2.61. The SMILES string of the molecule is CC(C#N)c1c(F)ccc(F)c1Cl. The van der Waals surface area contributed by atoms with Gasteiger partial charge in [0.2, 0.25) is 0 Å². The van der Waals surface area contributed by atoms with Crippen LogP contribution in [0.5, 0.6) is 0 Å². The van der Waals surface area contributed by atoms with Gasteiger partial charge in [-0.25, -0.2) is 8.78 Å². The predicted molar refractivity (Wildman–Crippen MR) is 45.4 cm³/mol. The van der Waals surface area contributed by atoms with Gasteiger partial charge >= 0.3 is 0 Å². The smallest absolute Gasteiger partial charge is 0.142 e. The highest BCUT2D eigenvalue weighted by atomic mass is 35.5. The molecule has 0 radical (unpaired) electrons. The molecule has 0 fully saturated rings. The molecule has 1 unspecified atom stereocenters. The number of rotatable bonds is 1. The van der Waals surface area contributed by atoms with Crippen molar-refractivity contribution < 1.29 is 8.78 Å². The van der Waals surface area contributed by atoms with Gasteiger partial charge in [-0.2, -0.15) is 5.26 Å². The van der Waals surface area contributed by atoms with Gasteiger partial charge in [-0.3, -0.25) is 0 Å². The summed E-state index contributed by atoms with van der Waals surface area (Å²) in [6, 6.07) is 3.70. The van der Waals surface area contributed by atoms with Crippen molar-refractivity contribution in [3.05, 3.63) is 34.4 Å². The summed E-state index contributed by atoms with van der Waals surface area (Å²) in [6.07, 6.45) is 0. The highest BCUT2D eigenvalue weighted by Gasteiger charge is 2.17. The van der Waals surface area contributed by atoms with E-state index in [-0.39, 0.29) is 10.6 Å². The standard InChI is InChI=1S/C9H6ClF2N/c1-5(4-13)8-6(11)2-3-7(12)9(8)10/h2-3,5H,1H3. The third-order valence-corrected chi connectivity index (χ3v) is 2.09. The third kappa shape index (κ3) is 1.78. The Labute approximate surface area is 79.6 Å². The van der Waals surface area contributed by atoms with Crippen LogP contribution in [-0.4, -0.2) is 0 Å². The van der Waals surface area contributed by atoms with Gasteiger partial charge in [0.25, 0.3) is 0 Å². The molecule has 4 heteroatoms. The number of hydrogen-bond acceptors (Lipinski definition) is 1. The van der Waals surface area contributed by atoms with Crippen LogP contribution >= 0.6 is 11.6 Å². The van der Waals surface area contributed by atoms with E-state index in [1.165, 1.54) is 6.92 Å². The van der Waals surface area contributed by atoms with Crippen molar-refractivity contribution in [1.29, 1.82) is 5.26 Å². The van der Waals surface area contributed by atoms with E-state index in [4.69, 9.17) is 16.9 Å². The molecule has 68 valence electrons. The molecule has 0 amide bonds. The Morgan fingerprint density at radius 3 is 2.46 bits per heavy atom. The van der Waals surface area contributed by atoms with Gasteiger partial charge in [-0.15, -0.1) is 0 Å². The van der Waals surface area contributed by atoms with Gasteiger partial charge in [0.15, 0.2) is 0 Å². The van der Waals surface area contributed by atoms with Crippen LogP contribution in [0.15, 0.2) is 12.1 Å². The molecule has 13 heavy (non-hydrogen) atoms. The Bertz CT molecular complexity index is 371. The van der Waals surface area contributed by atoms with E-state index in [1.54, 1.807) is 6.07 Å². The monoisotopic (exact) mass is 201 g/mol. The molecule has 0 saturated carbocycles. The zero-order valence-electron chi connectivity index (χ0n) is 6.81. The first-order valence-corrected chi connectivity index (χ1v) is 3.98. The Balaban J connectivity index is 3.35. The largest absolute Gasteiger partial charge is 0.207 e. The van der Waals surface area contributed by atoms with Crippen LogP contribution < -0.4 is 0 Å². The van der Waals surface area contributed by atoms with Crippen molar-refractivity contribution >= 4 is 11.6 Å². The molecule has 0 spiro atoms. The highest BCUT2D eigenvalue weighted by molar-refractivity contribution is 6.31. The maximum Gasteiger partial charge on any atom is 0.142 e. The van der Waals surface area contributed by atoms with E-state index in [1.807, 2.05) is 0 Å². The van der Waals surface area contributed by atoms with Gasteiger partial charge in [0.05, 0.1) is 17.0 Å². The number of hydrogen-bond donors (Lipinski definition) is 0. The quantitative estimate of drug-likeness (QED) is 0.640. The average Bonchev–Trinajstić information content (AvgIpc) is 2.12. The van der Waals surface area contributed by atoms with Crippen LogP contribution in [0.25, 0.3) is 0 Å². The van der Waals surface area contributed by atoms with Crippen LogP contribution in [0.3, 0.4) is 0 Å². The van der Waals surface area contributed by atoms with E-state index in [9.17, 15) is 8.78 Å². The van der Waals surface area contributed by atoms with Crippen molar-refractivity contribution in [1.82, 2.24) is 0 Å². The molecule has 0 aliphatic heterocycles. The summed E-state index contributed by atoms with van der Waals surface area (Å²) in [6.45, 7) is 1.46. The fourth-order valence-corrected chi connectivity index (χ4v) is 1.32. The van der Waals surface area contributed by atoms with Gasteiger partial charge in [0, 0.05) is 5.56 Å². The summed E-state index contributed by atoms with van der Waals surface area (Å²) in [5.74, 6) is -2.11. The minimum atomic E-state index is -0.747. The van der Waals surface area contributed by atoms with Crippen molar-refractivity contribution in [3.8, 4) is 6.07 Å². The lowest BCUT2D eigenvalue weighted by molar-refractivity contribution is 0.582. The van der Waals surface area contributed by atoms with Crippen molar-refractivity contribution in [2.75, 3.05) is 0 Å². The topological polar surface area (TPSA) is 23.8 Å². The summed E-state index contributed by atoms with van der Waals surface area (Å²) in [5.41, 5.74) is -0.0795. The molecule has 1 atom stereocenters. The molecular weight excluding hydrogens is 196 g/mol. The predicted octanol–water partition coefficient (Wildman–Crippen LogP) is 3.25. The summed E-state index contributed by atoms with van der Waals surface area (Å²) in [7, 11) is 0. The second kappa shape index (κ2) is 3.71. The first-order valence-electron chi connectivity index (χ1n) is 3.61. The molecule has 1 aromatic carbocycles. The lowest BCUT2D eigenvalue weighted by atomic mass is 10.0. The first-order chi connectivity index (χ1) is 6.07. The van der Waals surface area contributed by atoms with Gasteiger partial charge < -0.3 is 0 Å². The molecule has 0 N–H and O–H groups in total. The zero-order valence-corrected chi connectivity index (χ0v) is 7.57. The van der Waals surface area contributed by atoms with Gasteiger partial charge in [-0.1, -0.05) is 11.6 Å².